The number of amides is 1. The van der Waals surface area contributed by atoms with Gasteiger partial charge in [0.15, 0.2) is 0 Å². The number of fused-ring (bicyclic) bond motifs is 1. The van der Waals surface area contributed by atoms with Gasteiger partial charge in [0.25, 0.3) is 5.91 Å². The summed E-state index contributed by atoms with van der Waals surface area (Å²) in [6.45, 7) is 1.76. The third kappa shape index (κ3) is 3.51. The van der Waals surface area contributed by atoms with Gasteiger partial charge in [0.2, 0.25) is 0 Å². The first kappa shape index (κ1) is 13.0. The number of nitrogens with one attached hydrogen (secondary N) is 1. The Bertz CT molecular complexity index is 610. The zero-order valence-electron chi connectivity index (χ0n) is 10.6. The van der Waals surface area contributed by atoms with E-state index in [0.717, 1.165) is 10.8 Å². The lowest BCUT2D eigenvalue weighted by molar-refractivity contribution is -0.140. The molecule has 98 valence electrons. The molecule has 2 rings (SSSR count). The molecule has 1 aromatic heterocycles. The molecule has 0 unspecified atom stereocenters. The molecule has 0 spiro atoms. The van der Waals surface area contributed by atoms with E-state index >= 15 is 0 Å². The molecule has 1 heterocycles. The molecule has 0 atom stereocenters. The van der Waals surface area contributed by atoms with E-state index in [1.165, 1.54) is 6.92 Å². The summed E-state index contributed by atoms with van der Waals surface area (Å²) in [5, 5.41) is 4.59. The summed E-state index contributed by atoms with van der Waals surface area (Å²) in [5.74, 6) is -0.643. The Morgan fingerprint density at radius 1 is 1.26 bits per heavy atom. The number of carbonyl (C=O) groups is 2. The molecule has 1 aromatic carbocycles. The second-order valence-corrected chi connectivity index (χ2v) is 4.01. The lowest BCUT2D eigenvalue weighted by Crippen LogP contribution is -2.28. The van der Waals surface area contributed by atoms with E-state index in [1.807, 2.05) is 24.3 Å². The number of esters is 1. The summed E-state index contributed by atoms with van der Waals surface area (Å²) in [7, 11) is 0. The monoisotopic (exact) mass is 258 g/mol. The standard InChI is InChI=1S/C14H14N2O3/c1-10(17)19-7-6-15-14(18)13-8-11-4-2-3-5-12(11)9-16-13/h2-5,8-9H,6-7H2,1H3,(H,15,18). The lowest BCUT2D eigenvalue weighted by Gasteiger charge is -2.05. The maximum Gasteiger partial charge on any atom is 0.302 e. The first-order valence-corrected chi connectivity index (χ1v) is 5.93. The van der Waals surface area contributed by atoms with Crippen LogP contribution in [0.25, 0.3) is 10.8 Å². The highest BCUT2D eigenvalue weighted by molar-refractivity contribution is 5.96. The predicted octanol–water partition coefficient (Wildman–Crippen LogP) is 1.53. The molecule has 0 radical (unpaired) electrons. The van der Waals surface area contributed by atoms with E-state index in [9.17, 15) is 9.59 Å². The van der Waals surface area contributed by atoms with Crippen molar-refractivity contribution in [1.82, 2.24) is 10.3 Å². The Morgan fingerprint density at radius 2 is 2.00 bits per heavy atom. The minimum atomic E-state index is -0.363. The van der Waals surface area contributed by atoms with E-state index in [4.69, 9.17) is 4.74 Å². The van der Waals surface area contributed by atoms with Crippen LogP contribution in [0.2, 0.25) is 0 Å². The van der Waals surface area contributed by atoms with Crippen LogP contribution in [0.4, 0.5) is 0 Å². The van der Waals surface area contributed by atoms with Crippen molar-refractivity contribution >= 4 is 22.6 Å². The molecule has 2 aromatic rings. The summed E-state index contributed by atoms with van der Waals surface area (Å²) in [6.07, 6.45) is 1.66. The molecule has 0 saturated carbocycles. The average Bonchev–Trinajstić information content (AvgIpc) is 2.42. The van der Waals surface area contributed by atoms with Gasteiger partial charge in [-0.25, -0.2) is 0 Å². The van der Waals surface area contributed by atoms with Crippen molar-refractivity contribution in [2.75, 3.05) is 13.2 Å². The number of aromatic nitrogens is 1. The van der Waals surface area contributed by atoms with Crippen molar-refractivity contribution in [2.24, 2.45) is 0 Å². The Hall–Kier alpha value is -2.43. The van der Waals surface area contributed by atoms with E-state index in [2.05, 4.69) is 10.3 Å². The van der Waals surface area contributed by atoms with Crippen LogP contribution in [0.3, 0.4) is 0 Å². The van der Waals surface area contributed by atoms with Crippen LogP contribution in [-0.4, -0.2) is 30.0 Å². The maximum atomic E-state index is 11.8. The van der Waals surface area contributed by atoms with E-state index in [1.54, 1.807) is 12.3 Å². The van der Waals surface area contributed by atoms with Crippen molar-refractivity contribution in [3.63, 3.8) is 0 Å². The summed E-state index contributed by atoms with van der Waals surface area (Å²) in [4.78, 5) is 26.5. The third-order valence-corrected chi connectivity index (χ3v) is 2.56. The van der Waals surface area contributed by atoms with Crippen LogP contribution in [-0.2, 0) is 9.53 Å². The molecular weight excluding hydrogens is 244 g/mol. The second kappa shape index (κ2) is 5.95. The van der Waals surface area contributed by atoms with Crippen molar-refractivity contribution in [2.45, 2.75) is 6.92 Å². The fourth-order valence-electron chi connectivity index (χ4n) is 1.66. The zero-order chi connectivity index (χ0) is 13.7. The Kier molecular flexibility index (Phi) is 4.07. The fourth-order valence-corrected chi connectivity index (χ4v) is 1.66. The Balaban J connectivity index is 1.99. The quantitative estimate of drug-likeness (QED) is 0.667. The number of nitrogens with zero attached hydrogens (tertiary/aromatic N) is 1. The van der Waals surface area contributed by atoms with Crippen molar-refractivity contribution < 1.29 is 14.3 Å². The van der Waals surface area contributed by atoms with Gasteiger partial charge in [0.05, 0.1) is 6.54 Å². The third-order valence-electron chi connectivity index (χ3n) is 2.56. The van der Waals surface area contributed by atoms with Crippen LogP contribution in [0.15, 0.2) is 36.5 Å². The van der Waals surface area contributed by atoms with Gasteiger partial charge in [-0.1, -0.05) is 24.3 Å². The topological polar surface area (TPSA) is 68.3 Å². The highest BCUT2D eigenvalue weighted by Crippen LogP contribution is 2.13. The number of rotatable bonds is 4. The van der Waals surface area contributed by atoms with Crippen LogP contribution >= 0.6 is 0 Å². The number of carbonyl (C=O) groups excluding carboxylic acids is 2. The fraction of sp³-hybridized carbons (Fsp3) is 0.214. The van der Waals surface area contributed by atoms with Gasteiger partial charge in [-0.15, -0.1) is 0 Å². The van der Waals surface area contributed by atoms with Gasteiger partial charge in [0, 0.05) is 18.5 Å². The van der Waals surface area contributed by atoms with Crippen molar-refractivity contribution in [1.29, 1.82) is 0 Å². The molecule has 0 saturated heterocycles. The molecule has 0 bridgehead atoms. The van der Waals surface area contributed by atoms with E-state index < -0.39 is 0 Å². The lowest BCUT2D eigenvalue weighted by atomic mass is 10.1. The molecule has 1 amide bonds. The smallest absolute Gasteiger partial charge is 0.302 e. The van der Waals surface area contributed by atoms with Gasteiger partial charge in [-0.05, 0) is 11.5 Å². The molecule has 0 fully saturated rings. The minimum Gasteiger partial charge on any atom is -0.464 e. The first-order valence-electron chi connectivity index (χ1n) is 5.93. The molecule has 1 N–H and O–H groups in total. The summed E-state index contributed by atoms with van der Waals surface area (Å²) in [6, 6.07) is 9.42. The van der Waals surface area contributed by atoms with Crippen molar-refractivity contribution in [3.8, 4) is 0 Å². The van der Waals surface area contributed by atoms with Gasteiger partial charge in [0.1, 0.15) is 12.3 Å². The number of ether oxygens (including phenoxy) is 1. The van der Waals surface area contributed by atoms with E-state index in [0.29, 0.717) is 5.69 Å². The van der Waals surface area contributed by atoms with Crippen LogP contribution in [0.5, 0.6) is 0 Å². The molecule has 0 aliphatic heterocycles. The summed E-state index contributed by atoms with van der Waals surface area (Å²) in [5.41, 5.74) is 0.349. The van der Waals surface area contributed by atoms with Crippen LogP contribution in [0.1, 0.15) is 17.4 Å². The summed E-state index contributed by atoms with van der Waals surface area (Å²) < 4.78 is 4.72. The van der Waals surface area contributed by atoms with Gasteiger partial charge >= 0.3 is 5.97 Å². The number of hydrogen-bond acceptors (Lipinski definition) is 4. The van der Waals surface area contributed by atoms with Gasteiger partial charge in [-0.3, -0.25) is 14.6 Å². The Morgan fingerprint density at radius 3 is 2.74 bits per heavy atom. The first-order chi connectivity index (χ1) is 9.16. The van der Waals surface area contributed by atoms with Gasteiger partial charge in [-0.2, -0.15) is 0 Å². The predicted molar refractivity (Wildman–Crippen MR) is 70.7 cm³/mol. The average molecular weight is 258 g/mol. The van der Waals surface area contributed by atoms with E-state index in [-0.39, 0.29) is 25.0 Å². The molecule has 0 aliphatic carbocycles. The minimum absolute atomic E-state index is 0.161. The highest BCUT2D eigenvalue weighted by Gasteiger charge is 2.07. The normalized spacial score (nSPS) is 10.2. The van der Waals surface area contributed by atoms with Crippen LogP contribution in [0, 0.1) is 0 Å². The maximum absolute atomic E-state index is 11.8. The van der Waals surface area contributed by atoms with Gasteiger partial charge < -0.3 is 10.1 Å². The largest absolute Gasteiger partial charge is 0.464 e. The molecule has 0 aliphatic rings. The molecule has 19 heavy (non-hydrogen) atoms. The number of benzene rings is 1. The zero-order valence-corrected chi connectivity index (χ0v) is 10.6. The molecule has 5 heteroatoms. The second-order valence-electron chi connectivity index (χ2n) is 4.01. The number of hydrogen-bond donors (Lipinski definition) is 1. The highest BCUT2D eigenvalue weighted by atomic mass is 16.5. The molecular formula is C14H14N2O3. The summed E-state index contributed by atoms with van der Waals surface area (Å²) >= 11 is 0. The number of pyridine rings is 1. The van der Waals surface area contributed by atoms with Crippen LogP contribution < -0.4 is 5.32 Å². The van der Waals surface area contributed by atoms with Crippen molar-refractivity contribution in [3.05, 3.63) is 42.2 Å². The SMILES string of the molecule is CC(=O)OCCNC(=O)c1cc2ccccc2cn1. The molecule has 5 nitrogen and oxygen atoms in total. The Labute approximate surface area is 110 Å².